The van der Waals surface area contributed by atoms with E-state index in [1.807, 2.05) is 6.07 Å². The standard InChI is InChI=1S/C12H16N2O2/c13-8-3-4-14(6-8)11-7-16-12-5-9(15)1-2-10(11)12/h1-2,5,8,11,15H,3-4,6-7,13H2. The van der Waals surface area contributed by atoms with Crippen molar-refractivity contribution in [2.24, 2.45) is 5.73 Å². The number of rotatable bonds is 1. The molecule has 4 heteroatoms. The monoisotopic (exact) mass is 220 g/mol. The van der Waals surface area contributed by atoms with Crippen LogP contribution in [0.5, 0.6) is 11.5 Å². The lowest BCUT2D eigenvalue weighted by atomic mass is 10.1. The quantitative estimate of drug-likeness (QED) is 0.737. The Kier molecular flexibility index (Phi) is 2.26. The number of benzene rings is 1. The fraction of sp³-hybridized carbons (Fsp3) is 0.500. The highest BCUT2D eigenvalue weighted by molar-refractivity contribution is 5.44. The number of phenols is 1. The largest absolute Gasteiger partial charge is 0.508 e. The van der Waals surface area contributed by atoms with E-state index in [-0.39, 0.29) is 5.75 Å². The minimum Gasteiger partial charge on any atom is -0.508 e. The van der Waals surface area contributed by atoms with Gasteiger partial charge in [0.25, 0.3) is 0 Å². The van der Waals surface area contributed by atoms with Crippen LogP contribution in [0.2, 0.25) is 0 Å². The molecule has 1 fully saturated rings. The number of nitrogens with two attached hydrogens (primary N) is 1. The Morgan fingerprint density at radius 1 is 1.44 bits per heavy atom. The van der Waals surface area contributed by atoms with Crippen LogP contribution in [0.4, 0.5) is 0 Å². The summed E-state index contributed by atoms with van der Waals surface area (Å²) in [6.45, 7) is 2.65. The fourth-order valence-electron chi connectivity index (χ4n) is 2.58. The van der Waals surface area contributed by atoms with Crippen molar-refractivity contribution in [1.82, 2.24) is 4.90 Å². The maximum Gasteiger partial charge on any atom is 0.127 e. The second kappa shape index (κ2) is 3.64. The van der Waals surface area contributed by atoms with Gasteiger partial charge in [-0.25, -0.2) is 0 Å². The van der Waals surface area contributed by atoms with Gasteiger partial charge in [0, 0.05) is 30.8 Å². The van der Waals surface area contributed by atoms with Gasteiger partial charge >= 0.3 is 0 Å². The van der Waals surface area contributed by atoms with Crippen LogP contribution in [0.25, 0.3) is 0 Å². The molecule has 0 spiro atoms. The van der Waals surface area contributed by atoms with Crippen LogP contribution >= 0.6 is 0 Å². The molecule has 1 aromatic carbocycles. The van der Waals surface area contributed by atoms with Crippen LogP contribution in [0.3, 0.4) is 0 Å². The Hall–Kier alpha value is -1.26. The van der Waals surface area contributed by atoms with Gasteiger partial charge < -0.3 is 15.6 Å². The van der Waals surface area contributed by atoms with E-state index >= 15 is 0 Å². The SMILES string of the molecule is NC1CCN(C2COc3cc(O)ccc32)C1. The molecule has 2 unspecified atom stereocenters. The molecule has 2 heterocycles. The van der Waals surface area contributed by atoms with Crippen LogP contribution in [0, 0.1) is 0 Å². The third-order valence-electron chi connectivity index (χ3n) is 3.45. The van der Waals surface area contributed by atoms with Crippen molar-refractivity contribution in [3.05, 3.63) is 23.8 Å². The van der Waals surface area contributed by atoms with E-state index in [1.54, 1.807) is 12.1 Å². The maximum absolute atomic E-state index is 9.38. The molecule has 2 aliphatic heterocycles. The molecular weight excluding hydrogens is 204 g/mol. The summed E-state index contributed by atoms with van der Waals surface area (Å²) in [6, 6.07) is 5.96. The molecule has 0 amide bonds. The highest BCUT2D eigenvalue weighted by Crippen LogP contribution is 2.39. The average molecular weight is 220 g/mol. The molecule has 3 N–H and O–H groups in total. The van der Waals surface area contributed by atoms with Crippen molar-refractivity contribution in [3.8, 4) is 11.5 Å². The first-order valence-corrected chi connectivity index (χ1v) is 5.69. The van der Waals surface area contributed by atoms with Gasteiger partial charge in [-0.1, -0.05) is 0 Å². The Bertz CT molecular complexity index is 408. The second-order valence-electron chi connectivity index (χ2n) is 4.59. The van der Waals surface area contributed by atoms with Gasteiger partial charge in [-0.3, -0.25) is 4.90 Å². The number of fused-ring (bicyclic) bond motifs is 1. The molecule has 3 rings (SSSR count). The van der Waals surface area contributed by atoms with E-state index in [1.165, 1.54) is 5.56 Å². The number of hydrogen-bond donors (Lipinski definition) is 2. The molecule has 0 aliphatic carbocycles. The van der Waals surface area contributed by atoms with Gasteiger partial charge in [-0.05, 0) is 18.6 Å². The predicted molar refractivity (Wildman–Crippen MR) is 60.5 cm³/mol. The van der Waals surface area contributed by atoms with Crippen molar-refractivity contribution in [2.75, 3.05) is 19.7 Å². The molecule has 0 aromatic heterocycles. The fourth-order valence-corrected chi connectivity index (χ4v) is 2.58. The summed E-state index contributed by atoms with van der Waals surface area (Å²) in [7, 11) is 0. The molecule has 16 heavy (non-hydrogen) atoms. The van der Waals surface area contributed by atoms with Crippen molar-refractivity contribution < 1.29 is 9.84 Å². The van der Waals surface area contributed by atoms with Crippen LogP contribution < -0.4 is 10.5 Å². The zero-order valence-corrected chi connectivity index (χ0v) is 9.10. The maximum atomic E-state index is 9.38. The van der Waals surface area contributed by atoms with Gasteiger partial charge in [0.1, 0.15) is 18.1 Å². The molecule has 2 atom stereocenters. The predicted octanol–water partition coefficient (Wildman–Crippen LogP) is 0.859. The van der Waals surface area contributed by atoms with Gasteiger partial charge in [-0.15, -0.1) is 0 Å². The summed E-state index contributed by atoms with van der Waals surface area (Å²) < 4.78 is 5.60. The number of ether oxygens (including phenoxy) is 1. The molecule has 2 aliphatic rings. The smallest absolute Gasteiger partial charge is 0.127 e. The van der Waals surface area contributed by atoms with Crippen molar-refractivity contribution >= 4 is 0 Å². The minimum atomic E-state index is 0.262. The summed E-state index contributed by atoms with van der Waals surface area (Å²) >= 11 is 0. The highest BCUT2D eigenvalue weighted by Gasteiger charge is 2.33. The normalized spacial score (nSPS) is 29.1. The topological polar surface area (TPSA) is 58.7 Å². The van der Waals surface area contributed by atoms with Gasteiger partial charge in [0.05, 0.1) is 6.04 Å². The summed E-state index contributed by atoms with van der Waals surface area (Å²) in [4.78, 5) is 2.37. The molecule has 1 saturated heterocycles. The summed E-state index contributed by atoms with van der Waals surface area (Å²) in [6.07, 6.45) is 1.06. The number of phenolic OH excluding ortho intramolecular Hbond substituents is 1. The lowest BCUT2D eigenvalue weighted by molar-refractivity contribution is 0.193. The van der Waals surface area contributed by atoms with Crippen LogP contribution in [0.15, 0.2) is 18.2 Å². The highest BCUT2D eigenvalue weighted by atomic mass is 16.5. The zero-order valence-electron chi connectivity index (χ0n) is 9.10. The van der Waals surface area contributed by atoms with Crippen LogP contribution in [0.1, 0.15) is 18.0 Å². The number of aromatic hydroxyl groups is 1. The number of likely N-dealkylation sites (tertiary alicyclic amines) is 1. The number of nitrogens with zero attached hydrogens (tertiary/aromatic N) is 1. The van der Waals surface area contributed by atoms with Crippen molar-refractivity contribution in [3.63, 3.8) is 0 Å². The Balaban J connectivity index is 1.86. The van der Waals surface area contributed by atoms with E-state index in [0.717, 1.165) is 25.3 Å². The number of hydrogen-bond acceptors (Lipinski definition) is 4. The average Bonchev–Trinajstić information content (AvgIpc) is 2.83. The van der Waals surface area contributed by atoms with E-state index < -0.39 is 0 Å². The van der Waals surface area contributed by atoms with E-state index in [2.05, 4.69) is 4.90 Å². The van der Waals surface area contributed by atoms with E-state index in [0.29, 0.717) is 18.7 Å². The molecule has 1 aromatic rings. The third kappa shape index (κ3) is 1.54. The first-order valence-electron chi connectivity index (χ1n) is 5.69. The first kappa shape index (κ1) is 9.93. The molecular formula is C12H16N2O2. The summed E-state index contributed by atoms with van der Waals surface area (Å²) in [5.41, 5.74) is 7.09. The Labute approximate surface area is 94.6 Å². The van der Waals surface area contributed by atoms with Crippen LogP contribution in [-0.2, 0) is 0 Å². The van der Waals surface area contributed by atoms with Gasteiger partial charge in [0.2, 0.25) is 0 Å². The molecule has 4 nitrogen and oxygen atoms in total. The molecule has 0 saturated carbocycles. The zero-order chi connectivity index (χ0) is 11.1. The third-order valence-corrected chi connectivity index (χ3v) is 3.45. The minimum absolute atomic E-state index is 0.262. The lowest BCUT2D eigenvalue weighted by Gasteiger charge is -2.22. The second-order valence-corrected chi connectivity index (χ2v) is 4.59. The van der Waals surface area contributed by atoms with Crippen molar-refractivity contribution in [2.45, 2.75) is 18.5 Å². The summed E-state index contributed by atoms with van der Waals surface area (Å²) in [5, 5.41) is 9.38. The Morgan fingerprint density at radius 2 is 2.31 bits per heavy atom. The van der Waals surface area contributed by atoms with E-state index in [9.17, 15) is 5.11 Å². The van der Waals surface area contributed by atoms with Crippen molar-refractivity contribution in [1.29, 1.82) is 0 Å². The lowest BCUT2D eigenvalue weighted by Crippen LogP contribution is -2.30. The Morgan fingerprint density at radius 3 is 3.06 bits per heavy atom. The van der Waals surface area contributed by atoms with Gasteiger partial charge in [-0.2, -0.15) is 0 Å². The molecule has 0 bridgehead atoms. The molecule has 0 radical (unpaired) electrons. The first-order chi connectivity index (χ1) is 7.74. The summed E-state index contributed by atoms with van der Waals surface area (Å²) in [5.74, 6) is 1.07. The van der Waals surface area contributed by atoms with E-state index in [4.69, 9.17) is 10.5 Å². The van der Waals surface area contributed by atoms with Crippen LogP contribution in [-0.4, -0.2) is 35.7 Å². The molecule has 86 valence electrons. The van der Waals surface area contributed by atoms with Gasteiger partial charge in [0.15, 0.2) is 0 Å².